The smallest absolute Gasteiger partial charge is 0.0542 e. The molecule has 0 saturated carbocycles. The highest BCUT2D eigenvalue weighted by molar-refractivity contribution is 7.36. The predicted molar refractivity (Wildman–Crippen MR) is 112 cm³/mol. The number of hydrogen-bond donors (Lipinski definition) is 0. The third-order valence-corrected chi connectivity index (χ3v) is 7.39. The molecule has 4 rings (SSSR count). The maximum Gasteiger partial charge on any atom is 0.0542 e. The molecular formula is C22H24S2. The molecule has 0 spiro atoms. The van der Waals surface area contributed by atoms with E-state index in [1.807, 2.05) is 22.7 Å². The van der Waals surface area contributed by atoms with Crippen molar-refractivity contribution in [1.29, 1.82) is 0 Å². The van der Waals surface area contributed by atoms with Crippen molar-refractivity contribution in [1.82, 2.24) is 0 Å². The normalized spacial score (nSPS) is 11.9. The van der Waals surface area contributed by atoms with Crippen LogP contribution >= 0.6 is 22.7 Å². The van der Waals surface area contributed by atoms with Gasteiger partial charge in [-0.3, -0.25) is 0 Å². The fraction of sp³-hybridized carbons (Fsp3) is 0.364. The van der Waals surface area contributed by atoms with Crippen molar-refractivity contribution < 1.29 is 0 Å². The lowest BCUT2D eigenvalue weighted by Gasteiger charge is -2.02. The number of fused-ring (bicyclic) bond motifs is 5. The molecule has 0 aliphatic rings. The van der Waals surface area contributed by atoms with E-state index in [0.29, 0.717) is 0 Å². The Morgan fingerprint density at radius 2 is 1.42 bits per heavy atom. The van der Waals surface area contributed by atoms with Gasteiger partial charge in [-0.1, -0.05) is 69.4 Å². The zero-order chi connectivity index (χ0) is 16.4. The largest absolute Gasteiger partial charge is 0.134 e. The first-order chi connectivity index (χ1) is 11.9. The highest BCUT2D eigenvalue weighted by Crippen LogP contribution is 2.44. The van der Waals surface area contributed by atoms with Gasteiger partial charge in [0.25, 0.3) is 0 Å². The molecule has 0 fully saturated rings. The summed E-state index contributed by atoms with van der Waals surface area (Å²) in [5.41, 5.74) is 1.51. The van der Waals surface area contributed by atoms with Crippen LogP contribution in [0.4, 0.5) is 0 Å². The van der Waals surface area contributed by atoms with Gasteiger partial charge in [0.1, 0.15) is 0 Å². The van der Waals surface area contributed by atoms with Crippen LogP contribution in [0.15, 0.2) is 42.5 Å². The molecule has 24 heavy (non-hydrogen) atoms. The van der Waals surface area contributed by atoms with Crippen molar-refractivity contribution in [3.05, 3.63) is 48.0 Å². The van der Waals surface area contributed by atoms with Crippen molar-refractivity contribution in [2.45, 2.75) is 51.9 Å². The zero-order valence-electron chi connectivity index (χ0n) is 14.3. The molecule has 0 aliphatic carbocycles. The molecule has 2 heteroatoms. The van der Waals surface area contributed by atoms with E-state index in [2.05, 4.69) is 49.4 Å². The maximum absolute atomic E-state index is 2.44. The number of hydrogen-bond acceptors (Lipinski definition) is 2. The van der Waals surface area contributed by atoms with Crippen LogP contribution < -0.4 is 0 Å². The minimum absolute atomic E-state index is 1.23. The van der Waals surface area contributed by atoms with Gasteiger partial charge in [-0.25, -0.2) is 0 Å². The Bertz CT molecular complexity index is 958. The molecule has 4 aromatic rings. The summed E-state index contributed by atoms with van der Waals surface area (Å²) in [7, 11) is 0. The highest BCUT2D eigenvalue weighted by Gasteiger charge is 2.11. The molecule has 0 nitrogen and oxygen atoms in total. The van der Waals surface area contributed by atoms with Gasteiger partial charge in [0.05, 0.1) is 9.40 Å². The first-order valence-corrected chi connectivity index (χ1v) is 10.8. The first kappa shape index (κ1) is 16.1. The summed E-state index contributed by atoms with van der Waals surface area (Å²) in [6, 6.07) is 16.0. The Morgan fingerprint density at radius 1 is 0.708 bits per heavy atom. The van der Waals surface area contributed by atoms with Gasteiger partial charge >= 0.3 is 0 Å². The second-order valence-electron chi connectivity index (χ2n) is 6.71. The van der Waals surface area contributed by atoms with Crippen molar-refractivity contribution in [2.75, 3.05) is 0 Å². The molecule has 2 aromatic heterocycles. The predicted octanol–water partition coefficient (Wildman–Crippen LogP) is 8.17. The quantitative estimate of drug-likeness (QED) is 0.294. The summed E-state index contributed by atoms with van der Waals surface area (Å²) in [5, 5.41) is 2.87. The molecule has 0 amide bonds. The SMILES string of the molecule is CCCCCCCCc1ccc2c(c1)sc1c3ccccc3sc21. The van der Waals surface area contributed by atoms with Crippen LogP contribution in [0.2, 0.25) is 0 Å². The van der Waals surface area contributed by atoms with Crippen molar-refractivity contribution in [3.63, 3.8) is 0 Å². The van der Waals surface area contributed by atoms with E-state index >= 15 is 0 Å². The van der Waals surface area contributed by atoms with Crippen LogP contribution in [0.25, 0.3) is 29.6 Å². The van der Waals surface area contributed by atoms with Crippen molar-refractivity contribution >= 4 is 52.2 Å². The second-order valence-corrected chi connectivity index (χ2v) is 8.81. The summed E-state index contributed by atoms with van der Waals surface area (Å²) in [5.74, 6) is 0. The third kappa shape index (κ3) is 3.10. The summed E-state index contributed by atoms with van der Waals surface area (Å²) in [4.78, 5) is 0. The minimum atomic E-state index is 1.23. The molecule has 0 saturated heterocycles. The van der Waals surface area contributed by atoms with Crippen LogP contribution in [-0.2, 0) is 6.42 Å². The van der Waals surface area contributed by atoms with E-state index in [4.69, 9.17) is 0 Å². The molecule has 0 bridgehead atoms. The maximum atomic E-state index is 2.44. The Labute approximate surface area is 152 Å². The van der Waals surface area contributed by atoms with Crippen LogP contribution in [0.1, 0.15) is 51.0 Å². The zero-order valence-corrected chi connectivity index (χ0v) is 15.9. The number of aryl methyl sites for hydroxylation is 1. The van der Waals surface area contributed by atoms with Gasteiger partial charge in [-0.2, -0.15) is 0 Å². The Morgan fingerprint density at radius 3 is 2.29 bits per heavy atom. The summed E-state index contributed by atoms with van der Waals surface area (Å²) < 4.78 is 5.83. The van der Waals surface area contributed by atoms with E-state index < -0.39 is 0 Å². The van der Waals surface area contributed by atoms with Gasteiger partial charge in [0, 0.05) is 20.2 Å². The Hall–Kier alpha value is -1.38. The average molecular weight is 353 g/mol. The summed E-state index contributed by atoms with van der Waals surface area (Å²) >= 11 is 3.92. The Balaban J connectivity index is 1.54. The molecule has 0 aliphatic heterocycles. The van der Waals surface area contributed by atoms with E-state index in [-0.39, 0.29) is 0 Å². The minimum Gasteiger partial charge on any atom is -0.134 e. The molecule has 0 atom stereocenters. The van der Waals surface area contributed by atoms with Gasteiger partial charge in [-0.15, -0.1) is 22.7 Å². The summed E-state index contributed by atoms with van der Waals surface area (Å²) in [6.45, 7) is 2.28. The topological polar surface area (TPSA) is 0 Å². The molecule has 2 aromatic carbocycles. The number of benzene rings is 2. The molecule has 0 radical (unpaired) electrons. The van der Waals surface area contributed by atoms with E-state index in [9.17, 15) is 0 Å². The fourth-order valence-electron chi connectivity index (χ4n) is 3.51. The van der Waals surface area contributed by atoms with Crippen LogP contribution in [-0.4, -0.2) is 0 Å². The first-order valence-electron chi connectivity index (χ1n) is 9.19. The van der Waals surface area contributed by atoms with E-state index in [1.54, 1.807) is 0 Å². The van der Waals surface area contributed by atoms with E-state index in [1.165, 1.54) is 80.1 Å². The number of rotatable bonds is 7. The van der Waals surface area contributed by atoms with Gasteiger partial charge in [-0.05, 0) is 30.5 Å². The lowest BCUT2D eigenvalue weighted by molar-refractivity contribution is 0.607. The van der Waals surface area contributed by atoms with Crippen LogP contribution in [0, 0.1) is 0 Å². The molecular weight excluding hydrogens is 328 g/mol. The molecule has 2 heterocycles. The molecule has 0 unspecified atom stereocenters. The lowest BCUT2D eigenvalue weighted by Crippen LogP contribution is -1.85. The van der Waals surface area contributed by atoms with Crippen LogP contribution in [0.5, 0.6) is 0 Å². The number of unbranched alkanes of at least 4 members (excludes halogenated alkanes) is 5. The van der Waals surface area contributed by atoms with Crippen LogP contribution in [0.3, 0.4) is 0 Å². The van der Waals surface area contributed by atoms with Crippen molar-refractivity contribution in [3.8, 4) is 0 Å². The number of thiophene rings is 2. The third-order valence-electron chi connectivity index (χ3n) is 4.87. The highest BCUT2D eigenvalue weighted by atomic mass is 32.1. The summed E-state index contributed by atoms with van der Waals surface area (Å²) in [6.07, 6.45) is 9.47. The van der Waals surface area contributed by atoms with Crippen molar-refractivity contribution in [2.24, 2.45) is 0 Å². The second kappa shape index (κ2) is 7.25. The monoisotopic (exact) mass is 352 g/mol. The standard InChI is InChI=1S/C22H24S2/c1-2-3-4-5-6-7-10-16-13-14-18-20(15-16)24-21-17-11-8-9-12-19(17)23-22(18)21/h8-9,11-15H,2-7,10H2,1H3. The Kier molecular flexibility index (Phi) is 4.86. The van der Waals surface area contributed by atoms with Gasteiger partial charge < -0.3 is 0 Å². The van der Waals surface area contributed by atoms with Gasteiger partial charge in [0.15, 0.2) is 0 Å². The molecule has 124 valence electrons. The lowest BCUT2D eigenvalue weighted by atomic mass is 10.0. The fourth-order valence-corrected chi connectivity index (χ4v) is 6.23. The van der Waals surface area contributed by atoms with Gasteiger partial charge in [0.2, 0.25) is 0 Å². The average Bonchev–Trinajstić information content (AvgIpc) is 3.13. The van der Waals surface area contributed by atoms with E-state index in [0.717, 1.165) is 0 Å². The molecule has 0 N–H and O–H groups in total.